The van der Waals surface area contributed by atoms with Gasteiger partial charge in [0.1, 0.15) is 5.75 Å². The molecule has 2 aromatic carbocycles. The van der Waals surface area contributed by atoms with Gasteiger partial charge in [-0.3, -0.25) is 0 Å². The molecule has 0 spiro atoms. The molecule has 0 aliphatic carbocycles. The van der Waals surface area contributed by atoms with Crippen molar-refractivity contribution in [3.8, 4) is 17.1 Å². The lowest BCUT2D eigenvalue weighted by Crippen LogP contribution is -2.01. The van der Waals surface area contributed by atoms with Crippen molar-refractivity contribution in [1.82, 2.24) is 10.1 Å². The second-order valence-corrected chi connectivity index (χ2v) is 5.70. The molecular formula is C17H10Cl2F2N2O2. The Morgan fingerprint density at radius 1 is 1.04 bits per heavy atom. The van der Waals surface area contributed by atoms with Crippen LogP contribution in [0.3, 0.4) is 0 Å². The first-order valence-corrected chi connectivity index (χ1v) is 7.79. The third-order valence-corrected chi connectivity index (χ3v) is 3.69. The number of aromatic nitrogens is 2. The summed E-state index contributed by atoms with van der Waals surface area (Å²) in [5.41, 5.74) is 1.36. The van der Waals surface area contributed by atoms with Crippen LogP contribution in [0.15, 0.2) is 47.0 Å². The Kier molecular flexibility index (Phi) is 5.31. The topological polar surface area (TPSA) is 48.2 Å². The van der Waals surface area contributed by atoms with E-state index in [1.54, 1.807) is 42.5 Å². The first-order chi connectivity index (χ1) is 12.0. The highest BCUT2D eigenvalue weighted by atomic mass is 35.5. The van der Waals surface area contributed by atoms with E-state index in [-0.39, 0.29) is 11.6 Å². The average molecular weight is 383 g/mol. The van der Waals surface area contributed by atoms with Crippen LogP contribution in [0.4, 0.5) is 8.78 Å². The normalized spacial score (nSPS) is 11.4. The molecule has 0 amide bonds. The van der Waals surface area contributed by atoms with Crippen LogP contribution in [0.2, 0.25) is 10.0 Å². The minimum absolute atomic E-state index is 0.0876. The van der Waals surface area contributed by atoms with Crippen molar-refractivity contribution in [2.24, 2.45) is 0 Å². The lowest BCUT2D eigenvalue weighted by atomic mass is 10.2. The van der Waals surface area contributed by atoms with Crippen molar-refractivity contribution in [3.63, 3.8) is 0 Å². The van der Waals surface area contributed by atoms with E-state index >= 15 is 0 Å². The van der Waals surface area contributed by atoms with Crippen LogP contribution in [-0.4, -0.2) is 16.8 Å². The Morgan fingerprint density at radius 2 is 1.80 bits per heavy atom. The van der Waals surface area contributed by atoms with E-state index in [0.29, 0.717) is 21.4 Å². The molecule has 0 atom stereocenters. The SMILES string of the molecule is FC(F)Oc1ccc(/C=C\c2nc(-c3ccc(Cl)cc3Cl)no2)cc1. The Hall–Kier alpha value is -2.44. The maximum atomic E-state index is 12.1. The van der Waals surface area contributed by atoms with Gasteiger partial charge in [-0.05, 0) is 42.0 Å². The smallest absolute Gasteiger partial charge is 0.387 e. The molecule has 0 aliphatic heterocycles. The van der Waals surface area contributed by atoms with Crippen molar-refractivity contribution in [2.45, 2.75) is 6.61 Å². The summed E-state index contributed by atoms with van der Waals surface area (Å²) in [6, 6.07) is 11.1. The summed E-state index contributed by atoms with van der Waals surface area (Å²) in [4.78, 5) is 4.23. The summed E-state index contributed by atoms with van der Waals surface area (Å²) < 4.78 is 33.6. The largest absolute Gasteiger partial charge is 0.435 e. The highest BCUT2D eigenvalue weighted by Gasteiger charge is 2.11. The number of alkyl halides is 2. The predicted octanol–water partition coefficient (Wildman–Crippen LogP) is 5.82. The molecule has 8 heteroatoms. The second-order valence-electron chi connectivity index (χ2n) is 4.86. The van der Waals surface area contributed by atoms with Gasteiger partial charge in [0.25, 0.3) is 5.89 Å². The van der Waals surface area contributed by atoms with Gasteiger partial charge in [0.2, 0.25) is 5.82 Å². The van der Waals surface area contributed by atoms with Crippen molar-refractivity contribution >= 4 is 35.4 Å². The fourth-order valence-electron chi connectivity index (χ4n) is 2.01. The zero-order valence-corrected chi connectivity index (χ0v) is 14.0. The number of benzene rings is 2. The van der Waals surface area contributed by atoms with E-state index < -0.39 is 6.61 Å². The summed E-state index contributed by atoms with van der Waals surface area (Å²) >= 11 is 12.0. The average Bonchev–Trinajstić information content (AvgIpc) is 3.02. The van der Waals surface area contributed by atoms with E-state index in [4.69, 9.17) is 27.7 Å². The molecule has 0 bridgehead atoms. The van der Waals surface area contributed by atoms with E-state index in [1.165, 1.54) is 12.1 Å². The van der Waals surface area contributed by atoms with Crippen molar-refractivity contribution in [1.29, 1.82) is 0 Å². The van der Waals surface area contributed by atoms with Gasteiger partial charge in [-0.1, -0.05) is 40.5 Å². The monoisotopic (exact) mass is 382 g/mol. The van der Waals surface area contributed by atoms with Gasteiger partial charge in [-0.15, -0.1) is 0 Å². The molecule has 1 heterocycles. The number of hydrogen-bond donors (Lipinski definition) is 0. The van der Waals surface area contributed by atoms with Crippen molar-refractivity contribution in [3.05, 3.63) is 64.0 Å². The fourth-order valence-corrected chi connectivity index (χ4v) is 2.50. The molecule has 0 radical (unpaired) electrons. The van der Waals surface area contributed by atoms with E-state index in [9.17, 15) is 8.78 Å². The van der Waals surface area contributed by atoms with Gasteiger partial charge in [-0.25, -0.2) is 0 Å². The number of rotatable bonds is 5. The van der Waals surface area contributed by atoms with Crippen LogP contribution < -0.4 is 4.74 Å². The van der Waals surface area contributed by atoms with Crippen LogP contribution in [0, 0.1) is 0 Å². The Bertz CT molecular complexity index is 896. The Labute approximate surface area is 151 Å². The highest BCUT2D eigenvalue weighted by Crippen LogP contribution is 2.28. The molecule has 1 aromatic heterocycles. The lowest BCUT2D eigenvalue weighted by Gasteiger charge is -2.03. The van der Waals surface area contributed by atoms with Crippen LogP contribution in [0.25, 0.3) is 23.5 Å². The molecule has 0 fully saturated rings. The predicted molar refractivity (Wildman–Crippen MR) is 91.8 cm³/mol. The molecule has 3 aromatic rings. The van der Waals surface area contributed by atoms with Crippen LogP contribution in [-0.2, 0) is 0 Å². The summed E-state index contributed by atoms with van der Waals surface area (Å²) in [5.74, 6) is 0.695. The number of nitrogens with zero attached hydrogens (tertiary/aromatic N) is 2. The van der Waals surface area contributed by atoms with Crippen LogP contribution in [0.5, 0.6) is 5.75 Å². The first kappa shape index (κ1) is 17.4. The number of hydrogen-bond acceptors (Lipinski definition) is 4. The van der Waals surface area contributed by atoms with Gasteiger partial charge < -0.3 is 9.26 Å². The molecule has 4 nitrogen and oxygen atoms in total. The molecular weight excluding hydrogens is 373 g/mol. The van der Waals surface area contributed by atoms with E-state index in [1.807, 2.05) is 0 Å². The molecule has 0 saturated carbocycles. The fraction of sp³-hybridized carbons (Fsp3) is 0.0588. The minimum Gasteiger partial charge on any atom is -0.435 e. The Morgan fingerprint density at radius 3 is 2.48 bits per heavy atom. The summed E-state index contributed by atoms with van der Waals surface area (Å²) in [6.07, 6.45) is 3.30. The molecule has 3 rings (SSSR count). The molecule has 25 heavy (non-hydrogen) atoms. The van der Waals surface area contributed by atoms with E-state index in [0.717, 1.165) is 5.56 Å². The number of ether oxygens (including phenoxy) is 1. The number of halogens is 4. The quantitative estimate of drug-likeness (QED) is 0.558. The zero-order chi connectivity index (χ0) is 17.8. The van der Waals surface area contributed by atoms with Gasteiger partial charge in [0.05, 0.1) is 5.02 Å². The minimum atomic E-state index is -2.85. The van der Waals surface area contributed by atoms with E-state index in [2.05, 4.69) is 14.9 Å². The van der Waals surface area contributed by atoms with Gasteiger partial charge in [0.15, 0.2) is 0 Å². The van der Waals surface area contributed by atoms with Gasteiger partial charge in [0, 0.05) is 16.7 Å². The summed E-state index contributed by atoms with van der Waals surface area (Å²) in [5, 5.41) is 4.79. The molecule has 0 N–H and O–H groups in total. The third-order valence-electron chi connectivity index (χ3n) is 3.14. The van der Waals surface area contributed by atoms with Crippen LogP contribution in [0.1, 0.15) is 11.5 Å². The van der Waals surface area contributed by atoms with Crippen LogP contribution >= 0.6 is 23.2 Å². The first-order valence-electron chi connectivity index (χ1n) is 7.03. The summed E-state index contributed by atoms with van der Waals surface area (Å²) in [6.45, 7) is -2.85. The molecule has 0 saturated heterocycles. The highest BCUT2D eigenvalue weighted by molar-refractivity contribution is 6.36. The third kappa shape index (κ3) is 4.55. The molecule has 0 aliphatic rings. The summed E-state index contributed by atoms with van der Waals surface area (Å²) in [7, 11) is 0. The standard InChI is InChI=1S/C17H10Cl2F2N2O2/c18-11-4-7-13(14(19)9-11)16-22-15(25-23-16)8-3-10-1-5-12(6-2-10)24-17(20)21/h1-9,17H/b8-3-. The van der Waals surface area contributed by atoms with Crippen molar-refractivity contribution < 1.29 is 18.0 Å². The van der Waals surface area contributed by atoms with Gasteiger partial charge >= 0.3 is 6.61 Å². The second kappa shape index (κ2) is 7.63. The zero-order valence-electron chi connectivity index (χ0n) is 12.5. The molecule has 0 unspecified atom stereocenters. The maximum Gasteiger partial charge on any atom is 0.387 e. The maximum absolute atomic E-state index is 12.1. The molecule has 128 valence electrons. The van der Waals surface area contributed by atoms with Crippen molar-refractivity contribution in [2.75, 3.05) is 0 Å². The lowest BCUT2D eigenvalue weighted by molar-refractivity contribution is -0.0498. The Balaban J connectivity index is 1.73. The van der Waals surface area contributed by atoms with Gasteiger partial charge in [-0.2, -0.15) is 13.8 Å².